The van der Waals surface area contributed by atoms with Crippen LogP contribution in [0.3, 0.4) is 0 Å². The average Bonchev–Trinajstić information content (AvgIpc) is 2.89. The Morgan fingerprint density at radius 3 is 2.19 bits per heavy atom. The van der Waals surface area contributed by atoms with E-state index >= 15 is 0 Å². The lowest BCUT2D eigenvalue weighted by atomic mass is 9.74. The molecule has 0 radical (unpaired) electrons. The summed E-state index contributed by atoms with van der Waals surface area (Å²) in [7, 11) is 0. The molecule has 1 aromatic carbocycles. The van der Waals surface area contributed by atoms with Crippen LogP contribution >= 0.6 is 0 Å². The van der Waals surface area contributed by atoms with Crippen LogP contribution in [-0.4, -0.2) is 37.5 Å². The minimum atomic E-state index is -0.109. The molecule has 202 valence electrons. The van der Waals surface area contributed by atoms with Crippen molar-refractivity contribution in [1.29, 1.82) is 0 Å². The molecule has 0 spiro atoms. The van der Waals surface area contributed by atoms with Crippen molar-refractivity contribution in [3.05, 3.63) is 41.5 Å². The van der Waals surface area contributed by atoms with E-state index in [1.54, 1.807) is 0 Å². The first kappa shape index (κ1) is 27.8. The third-order valence-corrected chi connectivity index (χ3v) is 8.30. The lowest BCUT2D eigenvalue weighted by Crippen LogP contribution is -2.34. The second-order valence-corrected chi connectivity index (χ2v) is 12.2. The molecule has 3 aliphatic rings. The van der Waals surface area contributed by atoms with E-state index in [-0.39, 0.29) is 23.6 Å². The van der Waals surface area contributed by atoms with Crippen LogP contribution in [0.25, 0.3) is 6.08 Å². The van der Waals surface area contributed by atoms with Gasteiger partial charge in [0, 0.05) is 13.2 Å². The summed E-state index contributed by atoms with van der Waals surface area (Å²) in [6, 6.07) is 9.15. The second kappa shape index (κ2) is 13.6. The van der Waals surface area contributed by atoms with Crippen LogP contribution in [0.1, 0.15) is 115 Å². The lowest BCUT2D eigenvalue weighted by molar-refractivity contribution is -0.217. The number of aryl methyl sites for hydroxylation is 1. The smallest absolute Gasteiger partial charge is 0.158 e. The van der Waals surface area contributed by atoms with Crippen LogP contribution < -0.4 is 0 Å². The van der Waals surface area contributed by atoms with Crippen LogP contribution in [0, 0.1) is 5.41 Å². The van der Waals surface area contributed by atoms with E-state index in [0.29, 0.717) is 6.10 Å². The van der Waals surface area contributed by atoms with E-state index in [4.69, 9.17) is 18.9 Å². The van der Waals surface area contributed by atoms with Gasteiger partial charge in [0.25, 0.3) is 0 Å². The predicted molar refractivity (Wildman–Crippen MR) is 147 cm³/mol. The number of benzene rings is 1. The molecule has 1 aliphatic carbocycles. The SMILES string of the molecule is CC1(/C=C/c2ccc(CCCCC(C)(C)OC3CCCCO3)cc2)CCC(OC2CCCCO2)CC1. The summed E-state index contributed by atoms with van der Waals surface area (Å²) in [4.78, 5) is 0. The van der Waals surface area contributed by atoms with Crippen LogP contribution in [-0.2, 0) is 25.4 Å². The Balaban J connectivity index is 1.14. The predicted octanol–water partition coefficient (Wildman–Crippen LogP) is 8.23. The van der Waals surface area contributed by atoms with Gasteiger partial charge in [0.1, 0.15) is 0 Å². The first-order chi connectivity index (χ1) is 17.4. The second-order valence-electron chi connectivity index (χ2n) is 12.2. The van der Waals surface area contributed by atoms with Gasteiger partial charge in [-0.3, -0.25) is 0 Å². The number of hydrogen-bond donors (Lipinski definition) is 0. The van der Waals surface area contributed by atoms with Crippen LogP contribution in [0.4, 0.5) is 0 Å². The van der Waals surface area contributed by atoms with Gasteiger partial charge in [-0.1, -0.05) is 49.8 Å². The van der Waals surface area contributed by atoms with Gasteiger partial charge in [-0.2, -0.15) is 0 Å². The van der Waals surface area contributed by atoms with Crippen molar-refractivity contribution < 1.29 is 18.9 Å². The summed E-state index contributed by atoms with van der Waals surface area (Å²) in [6.07, 6.45) is 21.3. The molecule has 4 nitrogen and oxygen atoms in total. The van der Waals surface area contributed by atoms with E-state index in [9.17, 15) is 0 Å². The fourth-order valence-electron chi connectivity index (χ4n) is 5.78. The van der Waals surface area contributed by atoms with Gasteiger partial charge >= 0.3 is 0 Å². The molecule has 0 N–H and O–H groups in total. The van der Waals surface area contributed by atoms with Crippen molar-refractivity contribution >= 4 is 6.08 Å². The minimum Gasteiger partial charge on any atom is -0.353 e. The maximum Gasteiger partial charge on any atom is 0.158 e. The lowest BCUT2D eigenvalue weighted by Gasteiger charge is -2.37. The normalized spacial score (nSPS) is 30.0. The Morgan fingerprint density at radius 1 is 0.889 bits per heavy atom. The third-order valence-electron chi connectivity index (χ3n) is 8.30. The number of allylic oxidation sites excluding steroid dienone is 1. The van der Waals surface area contributed by atoms with Crippen LogP contribution in [0.5, 0.6) is 0 Å². The van der Waals surface area contributed by atoms with Gasteiger partial charge < -0.3 is 18.9 Å². The van der Waals surface area contributed by atoms with Crippen LogP contribution in [0.2, 0.25) is 0 Å². The molecule has 0 amide bonds. The zero-order valence-electron chi connectivity index (χ0n) is 23.1. The standard InChI is InChI=1S/C32H50O4/c1-31(2,36-30-12-6-9-25-34-30)20-7-4-10-26-13-15-27(16-14-26)17-21-32(3)22-18-28(19-23-32)35-29-11-5-8-24-33-29/h13-17,21,28-30H,4-12,18-20,22-25H2,1-3H3/b21-17+. The zero-order chi connectivity index (χ0) is 25.3. The Hall–Kier alpha value is -1.20. The van der Waals surface area contributed by atoms with Gasteiger partial charge in [-0.05, 0) is 114 Å². The summed E-state index contributed by atoms with van der Waals surface area (Å²) >= 11 is 0. The molecule has 4 rings (SSSR count). The fourth-order valence-corrected chi connectivity index (χ4v) is 5.78. The van der Waals surface area contributed by atoms with Crippen molar-refractivity contribution in [2.24, 2.45) is 5.41 Å². The van der Waals surface area contributed by atoms with Gasteiger partial charge in [-0.15, -0.1) is 0 Å². The van der Waals surface area contributed by atoms with Crippen molar-refractivity contribution in [2.75, 3.05) is 13.2 Å². The van der Waals surface area contributed by atoms with Crippen molar-refractivity contribution in [3.8, 4) is 0 Å². The highest BCUT2D eigenvalue weighted by molar-refractivity contribution is 5.50. The molecule has 2 unspecified atom stereocenters. The fraction of sp³-hybridized carbons (Fsp3) is 0.750. The van der Waals surface area contributed by atoms with E-state index < -0.39 is 0 Å². The monoisotopic (exact) mass is 498 g/mol. The van der Waals surface area contributed by atoms with Gasteiger partial charge in [0.05, 0.1) is 11.7 Å². The third kappa shape index (κ3) is 9.28. The average molecular weight is 499 g/mol. The molecule has 1 aromatic rings. The molecule has 1 saturated carbocycles. The molecule has 0 aromatic heterocycles. The molecular formula is C32H50O4. The van der Waals surface area contributed by atoms with Crippen molar-refractivity contribution in [1.82, 2.24) is 0 Å². The summed E-state index contributed by atoms with van der Waals surface area (Å²) in [5, 5.41) is 0. The first-order valence-corrected chi connectivity index (χ1v) is 14.7. The quantitative estimate of drug-likeness (QED) is 0.288. The largest absolute Gasteiger partial charge is 0.353 e. The molecule has 2 aliphatic heterocycles. The molecule has 2 atom stereocenters. The van der Waals surface area contributed by atoms with Crippen molar-refractivity contribution in [3.63, 3.8) is 0 Å². The Kier molecular flexibility index (Phi) is 10.5. The Labute approximate surface area is 220 Å². The summed E-state index contributed by atoms with van der Waals surface area (Å²) < 4.78 is 24.0. The highest BCUT2D eigenvalue weighted by Gasteiger charge is 2.31. The molecule has 3 fully saturated rings. The zero-order valence-corrected chi connectivity index (χ0v) is 23.1. The van der Waals surface area contributed by atoms with E-state index in [1.807, 2.05) is 0 Å². The summed E-state index contributed by atoms with van der Waals surface area (Å²) in [6.45, 7) is 8.52. The van der Waals surface area contributed by atoms with Gasteiger partial charge in [0.2, 0.25) is 0 Å². The minimum absolute atomic E-state index is 0.00358. The Morgan fingerprint density at radius 2 is 1.56 bits per heavy atom. The molecule has 0 bridgehead atoms. The molecule has 2 heterocycles. The molecule has 36 heavy (non-hydrogen) atoms. The summed E-state index contributed by atoms with van der Waals surface area (Å²) in [5.41, 5.74) is 2.89. The highest BCUT2D eigenvalue weighted by Crippen LogP contribution is 2.39. The number of rotatable bonds is 11. The maximum absolute atomic E-state index is 6.24. The molecular weight excluding hydrogens is 448 g/mol. The van der Waals surface area contributed by atoms with E-state index in [2.05, 4.69) is 57.2 Å². The van der Waals surface area contributed by atoms with E-state index in [0.717, 1.165) is 51.7 Å². The Bertz CT molecular complexity index is 779. The maximum atomic E-state index is 6.24. The summed E-state index contributed by atoms with van der Waals surface area (Å²) in [5.74, 6) is 0. The van der Waals surface area contributed by atoms with Crippen molar-refractivity contribution in [2.45, 2.75) is 135 Å². The molecule has 2 saturated heterocycles. The topological polar surface area (TPSA) is 36.9 Å². The van der Waals surface area contributed by atoms with Gasteiger partial charge in [-0.25, -0.2) is 0 Å². The number of ether oxygens (including phenoxy) is 4. The molecule has 4 heteroatoms. The highest BCUT2D eigenvalue weighted by atomic mass is 16.7. The first-order valence-electron chi connectivity index (χ1n) is 14.7. The van der Waals surface area contributed by atoms with Gasteiger partial charge in [0.15, 0.2) is 12.6 Å². The van der Waals surface area contributed by atoms with Crippen LogP contribution in [0.15, 0.2) is 30.3 Å². The van der Waals surface area contributed by atoms with E-state index in [1.165, 1.54) is 62.5 Å². The number of hydrogen-bond acceptors (Lipinski definition) is 4. The number of unbranched alkanes of at least 4 members (excludes halogenated alkanes) is 1.